The fraction of sp³-hybridized carbons (Fsp3) is 0.345. The zero-order valence-electron chi connectivity index (χ0n) is 20.3. The molecule has 1 aromatic heterocycles. The molecule has 4 heteroatoms. The first kappa shape index (κ1) is 22.5. The predicted octanol–water partition coefficient (Wildman–Crippen LogP) is 8.12. The van der Waals surface area contributed by atoms with Gasteiger partial charge in [0.05, 0.1) is 10.7 Å². The molecule has 0 unspecified atom stereocenters. The van der Waals surface area contributed by atoms with Gasteiger partial charge in [-0.2, -0.15) is 4.57 Å². The normalized spacial score (nSPS) is 20.0. The Morgan fingerprint density at radius 2 is 1.88 bits per heavy atom. The molecular formula is C29H33N2S2+. The predicted molar refractivity (Wildman–Crippen MR) is 145 cm³/mol. The van der Waals surface area contributed by atoms with Crippen LogP contribution in [0.15, 0.2) is 75.7 Å². The lowest BCUT2D eigenvalue weighted by atomic mass is 9.75. The number of rotatable bonds is 4. The van der Waals surface area contributed by atoms with Crippen LogP contribution in [-0.4, -0.2) is 6.54 Å². The number of thiazole rings is 1. The van der Waals surface area contributed by atoms with Crippen LogP contribution in [-0.2, 0) is 6.54 Å². The van der Waals surface area contributed by atoms with Gasteiger partial charge in [-0.3, -0.25) is 0 Å². The molecule has 33 heavy (non-hydrogen) atoms. The number of para-hydroxylation sites is 1. The Hall–Kier alpha value is -2.30. The number of anilines is 1. The van der Waals surface area contributed by atoms with Crippen molar-refractivity contribution in [2.24, 2.45) is 5.41 Å². The summed E-state index contributed by atoms with van der Waals surface area (Å²) < 4.78 is 3.84. The number of aromatic nitrogens is 1. The number of thioether (sulfide) groups is 1. The summed E-state index contributed by atoms with van der Waals surface area (Å²) in [5.74, 6) is 0. The van der Waals surface area contributed by atoms with E-state index in [9.17, 15) is 0 Å². The van der Waals surface area contributed by atoms with Gasteiger partial charge in [-0.25, -0.2) is 0 Å². The largest absolute Gasteiger partial charge is 0.335 e. The van der Waals surface area contributed by atoms with Crippen LogP contribution in [0.2, 0.25) is 0 Å². The number of nitrogens with zero attached hydrogens (tertiary/aromatic N) is 2. The smallest absolute Gasteiger partial charge is 0.263 e. The zero-order valence-corrected chi connectivity index (χ0v) is 21.9. The molecule has 0 saturated carbocycles. The van der Waals surface area contributed by atoms with Gasteiger partial charge in [0, 0.05) is 23.6 Å². The first-order chi connectivity index (χ1) is 15.9. The highest BCUT2D eigenvalue weighted by Crippen LogP contribution is 2.47. The summed E-state index contributed by atoms with van der Waals surface area (Å²) in [7, 11) is 0. The molecule has 2 nitrogen and oxygen atoms in total. The maximum Gasteiger partial charge on any atom is 0.263 e. The quantitative estimate of drug-likeness (QED) is 0.353. The van der Waals surface area contributed by atoms with Crippen molar-refractivity contribution in [2.75, 3.05) is 11.4 Å². The Balaban J connectivity index is 1.54. The summed E-state index contributed by atoms with van der Waals surface area (Å²) in [6.45, 7) is 13.5. The van der Waals surface area contributed by atoms with Crippen LogP contribution in [0, 0.1) is 12.3 Å². The average Bonchev–Trinajstić information content (AvgIpc) is 3.28. The highest BCUT2D eigenvalue weighted by Gasteiger charge is 2.29. The van der Waals surface area contributed by atoms with E-state index in [1.807, 2.05) is 23.1 Å². The van der Waals surface area contributed by atoms with Crippen molar-refractivity contribution in [1.82, 2.24) is 0 Å². The summed E-state index contributed by atoms with van der Waals surface area (Å²) in [5.41, 5.74) is 7.14. The van der Waals surface area contributed by atoms with Crippen LogP contribution >= 0.6 is 23.1 Å². The maximum absolute atomic E-state index is 2.46. The first-order valence-corrected chi connectivity index (χ1v) is 13.6. The average molecular weight is 474 g/mol. The Kier molecular flexibility index (Phi) is 6.00. The van der Waals surface area contributed by atoms with E-state index in [0.717, 1.165) is 25.9 Å². The van der Waals surface area contributed by atoms with Crippen LogP contribution in [0.5, 0.6) is 0 Å². The minimum Gasteiger partial charge on any atom is -0.335 e. The van der Waals surface area contributed by atoms with Crippen LogP contribution in [0.25, 0.3) is 16.3 Å². The number of fused-ring (bicyclic) bond motifs is 2. The molecule has 0 radical (unpaired) electrons. The topological polar surface area (TPSA) is 7.12 Å². The molecule has 2 aromatic carbocycles. The lowest BCUT2D eigenvalue weighted by molar-refractivity contribution is -0.665. The van der Waals surface area contributed by atoms with Gasteiger partial charge in [-0.05, 0) is 80.0 Å². The molecule has 1 aliphatic carbocycles. The summed E-state index contributed by atoms with van der Waals surface area (Å²) in [6.07, 6.45) is 9.55. The monoisotopic (exact) mass is 473 g/mol. The number of hydrogen-bond acceptors (Lipinski definition) is 3. The van der Waals surface area contributed by atoms with Crippen molar-refractivity contribution in [3.05, 3.63) is 81.4 Å². The molecule has 0 bridgehead atoms. The molecule has 0 fully saturated rings. The third kappa shape index (κ3) is 4.43. The third-order valence-electron chi connectivity index (χ3n) is 6.51. The van der Waals surface area contributed by atoms with Gasteiger partial charge in [-0.1, -0.05) is 61.2 Å². The highest BCUT2D eigenvalue weighted by molar-refractivity contribution is 8.03. The second-order valence-electron chi connectivity index (χ2n) is 9.91. The lowest BCUT2D eigenvalue weighted by Crippen LogP contribution is -2.33. The van der Waals surface area contributed by atoms with Crippen molar-refractivity contribution in [3.8, 4) is 0 Å². The van der Waals surface area contributed by atoms with Crippen molar-refractivity contribution >= 4 is 45.1 Å². The van der Waals surface area contributed by atoms with E-state index in [1.165, 1.54) is 47.5 Å². The third-order valence-corrected chi connectivity index (χ3v) is 8.72. The minimum atomic E-state index is 0.254. The van der Waals surface area contributed by atoms with Crippen LogP contribution < -0.4 is 9.47 Å². The second kappa shape index (κ2) is 8.81. The molecule has 0 atom stereocenters. The lowest BCUT2D eigenvalue weighted by Gasteiger charge is -2.31. The van der Waals surface area contributed by atoms with Crippen molar-refractivity contribution in [2.45, 2.75) is 58.9 Å². The van der Waals surface area contributed by atoms with Crippen molar-refractivity contribution < 1.29 is 4.57 Å². The van der Waals surface area contributed by atoms with E-state index in [1.54, 1.807) is 0 Å². The Morgan fingerprint density at radius 1 is 1.06 bits per heavy atom. The number of allylic oxidation sites excluding steroid dienone is 4. The minimum absolute atomic E-state index is 0.254. The molecular weight excluding hydrogens is 440 g/mol. The molecule has 0 spiro atoms. The van der Waals surface area contributed by atoms with Crippen LogP contribution in [0.1, 0.15) is 51.1 Å². The summed E-state index contributed by atoms with van der Waals surface area (Å²) in [6, 6.07) is 15.6. The second-order valence-corrected chi connectivity index (χ2v) is 12.0. The van der Waals surface area contributed by atoms with E-state index in [2.05, 4.69) is 105 Å². The van der Waals surface area contributed by atoms with Crippen molar-refractivity contribution in [3.63, 3.8) is 0 Å². The number of aryl methyl sites for hydroxylation is 2. The van der Waals surface area contributed by atoms with Gasteiger partial charge in [0.25, 0.3) is 5.01 Å². The Bertz CT molecular complexity index is 1310. The van der Waals surface area contributed by atoms with E-state index in [-0.39, 0.29) is 5.41 Å². The summed E-state index contributed by atoms with van der Waals surface area (Å²) in [4.78, 5) is 3.81. The van der Waals surface area contributed by atoms with Gasteiger partial charge >= 0.3 is 0 Å². The summed E-state index contributed by atoms with van der Waals surface area (Å²) >= 11 is 3.82. The Morgan fingerprint density at radius 3 is 2.67 bits per heavy atom. The molecule has 170 valence electrons. The summed E-state index contributed by atoms with van der Waals surface area (Å²) in [5, 5.41) is 2.70. The van der Waals surface area contributed by atoms with E-state index >= 15 is 0 Å². The van der Waals surface area contributed by atoms with Gasteiger partial charge in [0.15, 0.2) is 0 Å². The van der Waals surface area contributed by atoms with E-state index < -0.39 is 0 Å². The Labute approximate surface area is 206 Å². The van der Waals surface area contributed by atoms with Gasteiger partial charge in [0.2, 0.25) is 5.52 Å². The molecule has 0 N–H and O–H groups in total. The fourth-order valence-corrected chi connectivity index (χ4v) is 7.65. The van der Waals surface area contributed by atoms with Gasteiger partial charge < -0.3 is 4.90 Å². The zero-order chi connectivity index (χ0) is 23.2. The number of hydrogen-bond donors (Lipinski definition) is 0. The maximum atomic E-state index is 2.46. The van der Waals surface area contributed by atoms with Crippen LogP contribution in [0.3, 0.4) is 0 Å². The highest BCUT2D eigenvalue weighted by atomic mass is 32.2. The van der Waals surface area contributed by atoms with Crippen molar-refractivity contribution in [1.29, 1.82) is 0 Å². The van der Waals surface area contributed by atoms with E-state index in [0.29, 0.717) is 0 Å². The van der Waals surface area contributed by atoms with E-state index in [4.69, 9.17) is 0 Å². The molecule has 2 aliphatic rings. The molecule has 5 rings (SSSR count). The van der Waals surface area contributed by atoms with Crippen LogP contribution in [0.4, 0.5) is 5.69 Å². The molecule has 1 aliphatic heterocycles. The molecule has 2 heterocycles. The number of benzene rings is 2. The van der Waals surface area contributed by atoms with Gasteiger partial charge in [-0.15, -0.1) is 0 Å². The standard InChI is InChI=1S/C29H33N2S2/c1-6-30-23-10-8-9-11-25(23)32-27(30)16-21-15-22(19-29(4,5)18-21)17-28-31(7-2)24-13-12-20(3)14-26(24)33-28/h8-17H,6-7,18-19H2,1-5H3/q+1. The molecule has 3 aromatic rings. The van der Waals surface area contributed by atoms with Gasteiger partial charge in [0.1, 0.15) is 11.2 Å². The SMILES string of the molecule is CCN1C(=CC2=CC(=Cc3sc4cc(C)ccc4[n+]3CC)CC(C)(C)C2)Sc2ccccc21. The molecule has 0 amide bonds. The first-order valence-electron chi connectivity index (χ1n) is 12.0. The fourth-order valence-electron chi connectivity index (χ4n) is 5.14. The molecule has 0 saturated heterocycles.